The Kier molecular flexibility index (Phi) is 4.50. The zero-order valence-electron chi connectivity index (χ0n) is 8.55. The van der Waals surface area contributed by atoms with Gasteiger partial charge in [-0.3, -0.25) is 4.79 Å². The van der Waals surface area contributed by atoms with E-state index in [4.69, 9.17) is 9.84 Å². The molecule has 0 fully saturated rings. The Morgan fingerprint density at radius 2 is 2.08 bits per heavy atom. The van der Waals surface area contributed by atoms with Gasteiger partial charge in [0.25, 0.3) is 0 Å². The van der Waals surface area contributed by atoms with Gasteiger partial charge in [0.1, 0.15) is 6.10 Å². The van der Waals surface area contributed by atoms with Crippen LogP contribution < -0.4 is 0 Å². The van der Waals surface area contributed by atoms with Crippen molar-refractivity contribution in [2.45, 2.75) is 33.8 Å². The normalized spacial score (nSPS) is 12.7. The minimum Gasteiger partial charge on any atom is -0.452 e. The topological polar surface area (TPSA) is 46.5 Å². The summed E-state index contributed by atoms with van der Waals surface area (Å²) in [5, 5.41) is 8.76. The van der Waals surface area contributed by atoms with Crippen LogP contribution in [0.5, 0.6) is 0 Å². The molecule has 3 heteroatoms. The first-order chi connectivity index (χ1) is 5.84. The van der Waals surface area contributed by atoms with Gasteiger partial charge < -0.3 is 9.84 Å². The molecule has 0 radical (unpaired) electrons. The molecule has 0 amide bonds. The summed E-state index contributed by atoms with van der Waals surface area (Å²) in [4.78, 5) is 11.2. The van der Waals surface area contributed by atoms with Crippen LogP contribution in [0.2, 0.25) is 0 Å². The summed E-state index contributed by atoms with van der Waals surface area (Å²) >= 11 is 0. The van der Waals surface area contributed by atoms with Crippen molar-refractivity contribution in [3.63, 3.8) is 0 Å². The van der Waals surface area contributed by atoms with Gasteiger partial charge in [0.15, 0.2) is 6.61 Å². The average molecular weight is 184 g/mol. The summed E-state index contributed by atoms with van der Waals surface area (Å²) < 4.78 is 4.83. The highest BCUT2D eigenvalue weighted by molar-refractivity contribution is 5.75. The molecule has 0 saturated carbocycles. The standard InChI is InChI=1S/C10H16O3/c1-8(11)6-5-7-13-9(12)10(2,3)4/h8,11H,7H2,1-4H3. The van der Waals surface area contributed by atoms with Gasteiger partial charge in [-0.1, -0.05) is 11.8 Å². The molecule has 1 atom stereocenters. The lowest BCUT2D eigenvalue weighted by Gasteiger charge is -2.14. The van der Waals surface area contributed by atoms with Crippen molar-refractivity contribution >= 4 is 5.97 Å². The number of carbonyl (C=O) groups is 1. The van der Waals surface area contributed by atoms with Gasteiger partial charge in [0, 0.05) is 0 Å². The Morgan fingerprint density at radius 3 is 2.46 bits per heavy atom. The van der Waals surface area contributed by atoms with Crippen molar-refractivity contribution in [2.75, 3.05) is 6.61 Å². The number of hydrogen-bond donors (Lipinski definition) is 1. The van der Waals surface area contributed by atoms with Crippen LogP contribution in [0.15, 0.2) is 0 Å². The largest absolute Gasteiger partial charge is 0.452 e. The maximum atomic E-state index is 11.2. The van der Waals surface area contributed by atoms with E-state index in [-0.39, 0.29) is 12.6 Å². The predicted molar refractivity (Wildman–Crippen MR) is 49.9 cm³/mol. The quantitative estimate of drug-likeness (QED) is 0.487. The van der Waals surface area contributed by atoms with Crippen molar-refractivity contribution in [3.8, 4) is 11.8 Å². The van der Waals surface area contributed by atoms with Gasteiger partial charge in [0.05, 0.1) is 5.41 Å². The molecule has 0 aliphatic carbocycles. The second kappa shape index (κ2) is 4.88. The third-order valence-corrected chi connectivity index (χ3v) is 1.20. The van der Waals surface area contributed by atoms with Gasteiger partial charge in [-0.05, 0) is 27.7 Å². The Bertz CT molecular complexity index is 225. The zero-order valence-corrected chi connectivity index (χ0v) is 8.55. The average Bonchev–Trinajstić information content (AvgIpc) is 1.95. The fourth-order valence-corrected chi connectivity index (χ4v) is 0.508. The Hall–Kier alpha value is -1.01. The van der Waals surface area contributed by atoms with E-state index >= 15 is 0 Å². The van der Waals surface area contributed by atoms with Crippen molar-refractivity contribution in [3.05, 3.63) is 0 Å². The van der Waals surface area contributed by atoms with Crippen LogP contribution in [0.25, 0.3) is 0 Å². The zero-order chi connectivity index (χ0) is 10.5. The van der Waals surface area contributed by atoms with E-state index < -0.39 is 11.5 Å². The van der Waals surface area contributed by atoms with Crippen LogP contribution in [-0.2, 0) is 9.53 Å². The third kappa shape index (κ3) is 6.18. The van der Waals surface area contributed by atoms with Crippen LogP contribution in [0, 0.1) is 17.3 Å². The molecule has 13 heavy (non-hydrogen) atoms. The molecule has 0 rings (SSSR count). The lowest BCUT2D eigenvalue weighted by molar-refractivity contribution is -0.151. The van der Waals surface area contributed by atoms with Crippen molar-refractivity contribution in [1.82, 2.24) is 0 Å². The minimum absolute atomic E-state index is 0.0427. The Morgan fingerprint density at radius 1 is 1.54 bits per heavy atom. The summed E-state index contributed by atoms with van der Waals surface area (Å²) in [5.74, 6) is 4.74. The van der Waals surface area contributed by atoms with Gasteiger partial charge >= 0.3 is 5.97 Å². The Labute approximate surface area is 79.1 Å². The molecule has 0 aliphatic heterocycles. The highest BCUT2D eigenvalue weighted by atomic mass is 16.5. The monoisotopic (exact) mass is 184 g/mol. The van der Waals surface area contributed by atoms with E-state index in [0.717, 1.165) is 0 Å². The summed E-state index contributed by atoms with van der Waals surface area (Å²) in [6, 6.07) is 0. The second-order valence-corrected chi connectivity index (χ2v) is 3.82. The van der Waals surface area contributed by atoms with E-state index in [1.165, 1.54) is 0 Å². The SMILES string of the molecule is CC(O)C#CCOC(=O)C(C)(C)C. The highest BCUT2D eigenvalue weighted by Crippen LogP contribution is 2.14. The molecular weight excluding hydrogens is 168 g/mol. The van der Waals surface area contributed by atoms with E-state index in [2.05, 4.69) is 11.8 Å². The van der Waals surface area contributed by atoms with Gasteiger partial charge in [-0.15, -0.1) is 0 Å². The molecule has 0 aliphatic rings. The predicted octanol–water partition coefficient (Wildman–Crippen LogP) is 0.960. The summed E-state index contributed by atoms with van der Waals surface area (Å²) in [5.41, 5.74) is -0.494. The van der Waals surface area contributed by atoms with E-state index in [1.54, 1.807) is 27.7 Å². The molecule has 0 aromatic heterocycles. The molecular formula is C10H16O3. The maximum absolute atomic E-state index is 11.2. The van der Waals surface area contributed by atoms with E-state index in [9.17, 15) is 4.79 Å². The minimum atomic E-state index is -0.673. The number of esters is 1. The number of rotatable bonds is 1. The summed E-state index contributed by atoms with van der Waals surface area (Å²) in [7, 11) is 0. The lowest BCUT2D eigenvalue weighted by atomic mass is 9.97. The lowest BCUT2D eigenvalue weighted by Crippen LogP contribution is -2.23. The van der Waals surface area contributed by atoms with Crippen LogP contribution in [-0.4, -0.2) is 23.8 Å². The van der Waals surface area contributed by atoms with Gasteiger partial charge in [0.2, 0.25) is 0 Å². The first-order valence-corrected chi connectivity index (χ1v) is 4.17. The fourth-order valence-electron chi connectivity index (χ4n) is 0.508. The van der Waals surface area contributed by atoms with Crippen molar-refractivity contribution < 1.29 is 14.6 Å². The molecule has 0 aromatic carbocycles. The fraction of sp³-hybridized carbons (Fsp3) is 0.700. The summed E-state index contributed by atoms with van der Waals surface area (Å²) in [6.07, 6.45) is -0.673. The maximum Gasteiger partial charge on any atom is 0.312 e. The first-order valence-electron chi connectivity index (χ1n) is 4.17. The van der Waals surface area contributed by atoms with Crippen LogP contribution in [0.1, 0.15) is 27.7 Å². The molecule has 74 valence electrons. The van der Waals surface area contributed by atoms with Crippen LogP contribution in [0.3, 0.4) is 0 Å². The van der Waals surface area contributed by atoms with Crippen LogP contribution >= 0.6 is 0 Å². The number of carbonyl (C=O) groups excluding carboxylic acids is 1. The smallest absolute Gasteiger partial charge is 0.312 e. The molecule has 0 aromatic rings. The van der Waals surface area contributed by atoms with Crippen molar-refractivity contribution in [2.24, 2.45) is 5.41 Å². The molecule has 0 bridgehead atoms. The highest BCUT2D eigenvalue weighted by Gasteiger charge is 2.22. The van der Waals surface area contributed by atoms with Gasteiger partial charge in [-0.2, -0.15) is 0 Å². The Balaban J connectivity index is 3.81. The van der Waals surface area contributed by atoms with Crippen molar-refractivity contribution in [1.29, 1.82) is 0 Å². The summed E-state index contributed by atoms with van der Waals surface area (Å²) in [6.45, 7) is 6.92. The number of aliphatic hydroxyl groups excluding tert-OH is 1. The molecule has 0 heterocycles. The molecule has 1 N–H and O–H groups in total. The van der Waals surface area contributed by atoms with Crippen LogP contribution in [0.4, 0.5) is 0 Å². The van der Waals surface area contributed by atoms with Gasteiger partial charge in [-0.25, -0.2) is 0 Å². The molecule has 3 nitrogen and oxygen atoms in total. The number of ether oxygens (including phenoxy) is 1. The second-order valence-electron chi connectivity index (χ2n) is 3.82. The molecule has 1 unspecified atom stereocenters. The third-order valence-electron chi connectivity index (χ3n) is 1.20. The molecule has 0 spiro atoms. The van der Waals surface area contributed by atoms with E-state index in [0.29, 0.717) is 0 Å². The van der Waals surface area contributed by atoms with E-state index in [1.807, 2.05) is 0 Å². The number of aliphatic hydroxyl groups is 1. The molecule has 0 saturated heterocycles. The first kappa shape index (κ1) is 12.0. The number of hydrogen-bond acceptors (Lipinski definition) is 3.